The van der Waals surface area contributed by atoms with Crippen LogP contribution in [-0.4, -0.2) is 20.3 Å². The van der Waals surface area contributed by atoms with E-state index >= 15 is 0 Å². The Morgan fingerprint density at radius 1 is 0.955 bits per heavy atom. The molecule has 0 aliphatic carbocycles. The zero-order valence-electron chi connectivity index (χ0n) is 13.2. The second kappa shape index (κ2) is 8.29. The van der Waals surface area contributed by atoms with Gasteiger partial charge in [0.25, 0.3) is 0 Å². The number of rotatable bonds is 8. The summed E-state index contributed by atoms with van der Waals surface area (Å²) in [5.41, 5.74) is 7.80. The molecular weight excluding hydrogens is 278 g/mol. The molecule has 0 aliphatic rings. The smallest absolute Gasteiger partial charge is 0.161 e. The molecule has 0 bridgehead atoms. The molecule has 2 aromatic carbocycles. The van der Waals surface area contributed by atoms with E-state index in [0.29, 0.717) is 19.8 Å². The minimum Gasteiger partial charge on any atom is -0.497 e. The summed E-state index contributed by atoms with van der Waals surface area (Å²) in [7, 11) is 1.66. The van der Waals surface area contributed by atoms with E-state index in [1.54, 1.807) is 7.11 Å². The van der Waals surface area contributed by atoms with Crippen molar-refractivity contribution in [3.8, 4) is 17.2 Å². The largest absolute Gasteiger partial charge is 0.497 e. The fourth-order valence-corrected chi connectivity index (χ4v) is 2.19. The van der Waals surface area contributed by atoms with Gasteiger partial charge in [0.15, 0.2) is 11.5 Å². The van der Waals surface area contributed by atoms with E-state index in [4.69, 9.17) is 19.9 Å². The lowest BCUT2D eigenvalue weighted by atomic mass is 10.1. The monoisotopic (exact) mass is 301 g/mol. The van der Waals surface area contributed by atoms with E-state index in [-0.39, 0.29) is 0 Å². The van der Waals surface area contributed by atoms with Gasteiger partial charge in [0.05, 0.1) is 13.7 Å². The van der Waals surface area contributed by atoms with Gasteiger partial charge in [0.1, 0.15) is 12.4 Å². The fraction of sp³-hybridized carbons (Fsp3) is 0.333. The SMILES string of the molecule is CCOc1cc(CCN)ccc1OCc1cccc(OC)c1. The summed E-state index contributed by atoms with van der Waals surface area (Å²) in [4.78, 5) is 0. The van der Waals surface area contributed by atoms with Crippen molar-refractivity contribution in [3.05, 3.63) is 53.6 Å². The van der Waals surface area contributed by atoms with Crippen molar-refractivity contribution in [1.29, 1.82) is 0 Å². The summed E-state index contributed by atoms with van der Waals surface area (Å²) in [6, 6.07) is 13.8. The zero-order valence-corrected chi connectivity index (χ0v) is 13.2. The first-order chi connectivity index (χ1) is 10.8. The van der Waals surface area contributed by atoms with Crippen LogP contribution in [0.4, 0.5) is 0 Å². The molecule has 0 saturated heterocycles. The van der Waals surface area contributed by atoms with Crippen molar-refractivity contribution in [3.63, 3.8) is 0 Å². The van der Waals surface area contributed by atoms with Crippen LogP contribution in [0, 0.1) is 0 Å². The van der Waals surface area contributed by atoms with E-state index < -0.39 is 0 Å². The molecule has 22 heavy (non-hydrogen) atoms. The molecule has 0 aliphatic heterocycles. The van der Waals surface area contributed by atoms with Crippen LogP contribution in [0.15, 0.2) is 42.5 Å². The summed E-state index contributed by atoms with van der Waals surface area (Å²) in [6.07, 6.45) is 0.830. The fourth-order valence-electron chi connectivity index (χ4n) is 2.19. The summed E-state index contributed by atoms with van der Waals surface area (Å²) >= 11 is 0. The minimum absolute atomic E-state index is 0.466. The number of hydrogen-bond donors (Lipinski definition) is 1. The number of hydrogen-bond acceptors (Lipinski definition) is 4. The minimum atomic E-state index is 0.466. The summed E-state index contributed by atoms with van der Waals surface area (Å²) < 4.78 is 16.8. The molecule has 0 fully saturated rings. The Balaban J connectivity index is 2.10. The van der Waals surface area contributed by atoms with Gasteiger partial charge in [-0.15, -0.1) is 0 Å². The highest BCUT2D eigenvalue weighted by Gasteiger charge is 2.07. The van der Waals surface area contributed by atoms with Crippen molar-refractivity contribution in [1.82, 2.24) is 0 Å². The van der Waals surface area contributed by atoms with Gasteiger partial charge in [0, 0.05) is 0 Å². The topological polar surface area (TPSA) is 53.7 Å². The number of ether oxygens (including phenoxy) is 3. The van der Waals surface area contributed by atoms with Crippen molar-refractivity contribution >= 4 is 0 Å². The van der Waals surface area contributed by atoms with Crippen LogP contribution < -0.4 is 19.9 Å². The van der Waals surface area contributed by atoms with E-state index in [2.05, 4.69) is 0 Å². The second-order valence-electron chi connectivity index (χ2n) is 4.89. The number of nitrogens with two attached hydrogens (primary N) is 1. The Bertz CT molecular complexity index is 599. The van der Waals surface area contributed by atoms with E-state index in [9.17, 15) is 0 Å². The van der Waals surface area contributed by atoms with Crippen LogP contribution in [0.1, 0.15) is 18.1 Å². The number of methoxy groups -OCH3 is 1. The van der Waals surface area contributed by atoms with Gasteiger partial charge in [-0.3, -0.25) is 0 Å². The summed E-state index contributed by atoms with van der Waals surface area (Å²) in [5.74, 6) is 2.33. The van der Waals surface area contributed by atoms with Crippen LogP contribution in [0.3, 0.4) is 0 Å². The second-order valence-corrected chi connectivity index (χ2v) is 4.89. The molecule has 0 amide bonds. The van der Waals surface area contributed by atoms with Crippen LogP contribution in [-0.2, 0) is 13.0 Å². The molecule has 0 radical (unpaired) electrons. The van der Waals surface area contributed by atoms with Gasteiger partial charge in [0.2, 0.25) is 0 Å². The predicted octanol–water partition coefficient (Wildman–Crippen LogP) is 3.17. The molecule has 2 rings (SSSR count). The van der Waals surface area contributed by atoms with Crippen LogP contribution in [0.25, 0.3) is 0 Å². The van der Waals surface area contributed by atoms with Crippen LogP contribution >= 0.6 is 0 Å². The molecule has 2 aromatic rings. The Hall–Kier alpha value is -2.20. The summed E-state index contributed by atoms with van der Waals surface area (Å²) in [5, 5.41) is 0. The molecule has 0 atom stereocenters. The Morgan fingerprint density at radius 3 is 2.55 bits per heavy atom. The van der Waals surface area contributed by atoms with Crippen LogP contribution in [0.5, 0.6) is 17.2 Å². The quantitative estimate of drug-likeness (QED) is 0.813. The highest BCUT2D eigenvalue weighted by Crippen LogP contribution is 2.29. The van der Waals surface area contributed by atoms with Gasteiger partial charge in [-0.2, -0.15) is 0 Å². The Kier molecular flexibility index (Phi) is 6.10. The molecule has 2 N–H and O–H groups in total. The van der Waals surface area contributed by atoms with Crippen LogP contribution in [0.2, 0.25) is 0 Å². The normalized spacial score (nSPS) is 10.3. The zero-order chi connectivity index (χ0) is 15.8. The Labute approximate surface area is 131 Å². The third-order valence-corrected chi connectivity index (χ3v) is 3.27. The average molecular weight is 301 g/mol. The lowest BCUT2D eigenvalue weighted by Gasteiger charge is -2.13. The van der Waals surface area contributed by atoms with E-state index in [0.717, 1.165) is 34.8 Å². The molecule has 4 nitrogen and oxygen atoms in total. The number of benzene rings is 2. The molecule has 4 heteroatoms. The van der Waals surface area contributed by atoms with Gasteiger partial charge in [-0.25, -0.2) is 0 Å². The average Bonchev–Trinajstić information content (AvgIpc) is 2.55. The van der Waals surface area contributed by atoms with E-state index in [1.807, 2.05) is 49.4 Å². The Morgan fingerprint density at radius 2 is 1.82 bits per heavy atom. The van der Waals surface area contributed by atoms with E-state index in [1.165, 1.54) is 0 Å². The molecule has 0 aromatic heterocycles. The first-order valence-electron chi connectivity index (χ1n) is 7.48. The highest BCUT2D eigenvalue weighted by molar-refractivity contribution is 5.43. The van der Waals surface area contributed by atoms with Gasteiger partial charge in [-0.05, 0) is 55.3 Å². The predicted molar refractivity (Wildman–Crippen MR) is 87.7 cm³/mol. The molecule has 0 spiro atoms. The van der Waals surface area contributed by atoms with Crippen molar-refractivity contribution in [2.24, 2.45) is 5.73 Å². The highest BCUT2D eigenvalue weighted by atomic mass is 16.5. The standard InChI is InChI=1S/C18H23NO3/c1-3-21-18-12-14(9-10-19)7-8-17(18)22-13-15-5-4-6-16(11-15)20-2/h4-8,11-12H,3,9-10,13,19H2,1-2H3. The lowest BCUT2D eigenvalue weighted by molar-refractivity contribution is 0.268. The lowest BCUT2D eigenvalue weighted by Crippen LogP contribution is -2.04. The maximum atomic E-state index is 5.90. The molecule has 0 unspecified atom stereocenters. The maximum Gasteiger partial charge on any atom is 0.161 e. The first-order valence-corrected chi connectivity index (χ1v) is 7.48. The summed E-state index contributed by atoms with van der Waals surface area (Å²) in [6.45, 7) is 3.64. The van der Waals surface area contributed by atoms with Crippen molar-refractivity contribution in [2.75, 3.05) is 20.3 Å². The van der Waals surface area contributed by atoms with Gasteiger partial charge >= 0.3 is 0 Å². The molecule has 0 saturated carbocycles. The first kappa shape index (κ1) is 16.2. The third-order valence-electron chi connectivity index (χ3n) is 3.27. The maximum absolute atomic E-state index is 5.90. The molecule has 118 valence electrons. The molecule has 0 heterocycles. The van der Waals surface area contributed by atoms with Crippen molar-refractivity contribution < 1.29 is 14.2 Å². The van der Waals surface area contributed by atoms with Gasteiger partial charge < -0.3 is 19.9 Å². The third kappa shape index (κ3) is 4.40. The van der Waals surface area contributed by atoms with Gasteiger partial charge in [-0.1, -0.05) is 18.2 Å². The van der Waals surface area contributed by atoms with Crippen molar-refractivity contribution in [2.45, 2.75) is 20.0 Å². The molecular formula is C18H23NO3.